The molecule has 0 aliphatic carbocycles. The SMILES string of the molecule is CC(=O)C(C)/C=C/[O-].[Na+]. The topological polar surface area (TPSA) is 40.1 Å². The van der Waals surface area contributed by atoms with Gasteiger partial charge in [0, 0.05) is 5.92 Å². The Morgan fingerprint density at radius 1 is 1.67 bits per heavy atom. The minimum Gasteiger partial charge on any atom is -0.878 e. The zero-order valence-corrected chi connectivity index (χ0v) is 8.05. The van der Waals surface area contributed by atoms with E-state index in [4.69, 9.17) is 0 Å². The first-order chi connectivity index (χ1) is 3.68. The molecule has 0 aromatic rings. The average Bonchev–Trinajstić information content (AvgIpc) is 1.67. The first-order valence-electron chi connectivity index (χ1n) is 2.47. The fourth-order valence-electron chi connectivity index (χ4n) is 0.253. The maximum atomic E-state index is 10.3. The molecule has 0 N–H and O–H groups in total. The second kappa shape index (κ2) is 6.33. The maximum Gasteiger partial charge on any atom is 1.00 e. The van der Waals surface area contributed by atoms with Crippen LogP contribution in [0.1, 0.15) is 13.8 Å². The average molecular weight is 136 g/mol. The predicted octanol–water partition coefficient (Wildman–Crippen LogP) is -2.91. The van der Waals surface area contributed by atoms with Crippen molar-refractivity contribution < 1.29 is 39.5 Å². The van der Waals surface area contributed by atoms with Gasteiger partial charge in [-0.05, 0) is 6.92 Å². The van der Waals surface area contributed by atoms with Gasteiger partial charge in [0.2, 0.25) is 0 Å². The number of rotatable bonds is 2. The van der Waals surface area contributed by atoms with Crippen molar-refractivity contribution in [1.29, 1.82) is 0 Å². The summed E-state index contributed by atoms with van der Waals surface area (Å²) in [5.74, 6) is -0.190. The van der Waals surface area contributed by atoms with Crippen LogP contribution in [0.15, 0.2) is 12.3 Å². The summed E-state index contributed by atoms with van der Waals surface area (Å²) in [6, 6.07) is 0. The van der Waals surface area contributed by atoms with Crippen LogP contribution in [0.25, 0.3) is 0 Å². The van der Waals surface area contributed by atoms with E-state index in [1.165, 1.54) is 13.0 Å². The zero-order valence-electron chi connectivity index (χ0n) is 6.05. The Labute approximate surface area is 77.2 Å². The van der Waals surface area contributed by atoms with E-state index in [0.29, 0.717) is 6.26 Å². The van der Waals surface area contributed by atoms with Crippen LogP contribution in [-0.4, -0.2) is 5.78 Å². The predicted molar refractivity (Wildman–Crippen MR) is 29.0 cm³/mol. The maximum absolute atomic E-state index is 10.3. The summed E-state index contributed by atoms with van der Waals surface area (Å²) in [5, 5.41) is 9.71. The molecular weight excluding hydrogens is 127 g/mol. The quantitative estimate of drug-likeness (QED) is 0.301. The third kappa shape index (κ3) is 6.09. The standard InChI is InChI=1S/C6H10O2.Na/c1-5(3-4-7)6(2)8;/h3-5,7H,1-2H3;/q;+1/p-1/b4-3+;. The molecule has 0 aromatic carbocycles. The molecule has 46 valence electrons. The summed E-state index contributed by atoms with van der Waals surface area (Å²) >= 11 is 0. The number of carbonyl (C=O) groups is 1. The molecule has 0 bridgehead atoms. The van der Waals surface area contributed by atoms with Crippen LogP contribution in [0.4, 0.5) is 0 Å². The molecule has 3 heteroatoms. The van der Waals surface area contributed by atoms with Crippen LogP contribution in [0.2, 0.25) is 0 Å². The van der Waals surface area contributed by atoms with E-state index in [2.05, 4.69) is 0 Å². The van der Waals surface area contributed by atoms with Crippen molar-refractivity contribution in [2.45, 2.75) is 13.8 Å². The van der Waals surface area contributed by atoms with Gasteiger partial charge >= 0.3 is 29.6 Å². The Morgan fingerprint density at radius 3 is 2.22 bits per heavy atom. The molecule has 0 aliphatic heterocycles. The number of hydrogen-bond donors (Lipinski definition) is 0. The molecule has 0 radical (unpaired) electrons. The van der Waals surface area contributed by atoms with E-state index in [0.717, 1.165) is 0 Å². The Bertz CT molecular complexity index is 110. The first kappa shape index (κ1) is 11.9. The number of carbonyl (C=O) groups excluding carboxylic acids is 1. The van der Waals surface area contributed by atoms with Crippen molar-refractivity contribution in [3.05, 3.63) is 12.3 Å². The van der Waals surface area contributed by atoms with E-state index in [1.54, 1.807) is 6.92 Å². The number of Topliss-reactive ketones (excluding diaryl/α,β-unsaturated/α-hetero) is 1. The smallest absolute Gasteiger partial charge is 0.878 e. The molecule has 9 heavy (non-hydrogen) atoms. The van der Waals surface area contributed by atoms with Crippen LogP contribution < -0.4 is 34.7 Å². The van der Waals surface area contributed by atoms with E-state index in [9.17, 15) is 9.90 Å². The third-order valence-corrected chi connectivity index (χ3v) is 1.01. The van der Waals surface area contributed by atoms with Gasteiger partial charge < -0.3 is 5.11 Å². The Morgan fingerprint density at radius 2 is 2.11 bits per heavy atom. The van der Waals surface area contributed by atoms with Gasteiger partial charge in [0.05, 0.1) is 0 Å². The summed E-state index contributed by atoms with van der Waals surface area (Å²) in [7, 11) is 0. The Kier molecular flexibility index (Phi) is 8.40. The summed E-state index contributed by atoms with van der Waals surface area (Å²) in [5.41, 5.74) is 0. The molecular formula is C6H9NaO2. The fraction of sp³-hybridized carbons (Fsp3) is 0.500. The minimum atomic E-state index is -0.215. The molecule has 1 atom stereocenters. The van der Waals surface area contributed by atoms with Crippen molar-refractivity contribution in [3.8, 4) is 0 Å². The van der Waals surface area contributed by atoms with Crippen molar-refractivity contribution in [1.82, 2.24) is 0 Å². The normalized spacial score (nSPS) is 12.7. The van der Waals surface area contributed by atoms with Crippen molar-refractivity contribution in [2.24, 2.45) is 5.92 Å². The zero-order chi connectivity index (χ0) is 6.57. The van der Waals surface area contributed by atoms with E-state index >= 15 is 0 Å². The van der Waals surface area contributed by atoms with Crippen LogP contribution in [0, 0.1) is 5.92 Å². The third-order valence-electron chi connectivity index (χ3n) is 1.01. The molecule has 0 rings (SSSR count). The van der Waals surface area contributed by atoms with Gasteiger partial charge in [0.25, 0.3) is 0 Å². The van der Waals surface area contributed by atoms with Gasteiger partial charge in [0.1, 0.15) is 5.78 Å². The van der Waals surface area contributed by atoms with Gasteiger partial charge in [-0.3, -0.25) is 4.79 Å². The Balaban J connectivity index is 0. The molecule has 0 aliphatic rings. The molecule has 0 saturated carbocycles. The minimum absolute atomic E-state index is 0. The van der Waals surface area contributed by atoms with Gasteiger partial charge in [-0.15, -0.1) is 0 Å². The summed E-state index contributed by atoms with van der Waals surface area (Å²) in [6.45, 7) is 3.15. The molecule has 0 fully saturated rings. The number of allylic oxidation sites excluding steroid dienone is 1. The summed E-state index contributed by atoms with van der Waals surface area (Å²) < 4.78 is 0. The second-order valence-electron chi connectivity index (χ2n) is 1.73. The molecule has 0 aromatic heterocycles. The van der Waals surface area contributed by atoms with Gasteiger partial charge in [-0.25, -0.2) is 0 Å². The van der Waals surface area contributed by atoms with Crippen molar-refractivity contribution in [2.75, 3.05) is 0 Å². The van der Waals surface area contributed by atoms with Gasteiger partial charge in [0.15, 0.2) is 0 Å². The molecule has 0 saturated heterocycles. The molecule has 0 spiro atoms. The number of ketones is 1. The summed E-state index contributed by atoms with van der Waals surface area (Å²) in [6.07, 6.45) is 1.98. The van der Waals surface area contributed by atoms with Crippen LogP contribution in [0.3, 0.4) is 0 Å². The summed E-state index contributed by atoms with van der Waals surface area (Å²) in [4.78, 5) is 10.3. The first-order valence-corrected chi connectivity index (χ1v) is 2.47. The van der Waals surface area contributed by atoms with Crippen molar-refractivity contribution in [3.63, 3.8) is 0 Å². The van der Waals surface area contributed by atoms with E-state index in [-0.39, 0.29) is 41.3 Å². The van der Waals surface area contributed by atoms with Crippen molar-refractivity contribution >= 4 is 5.78 Å². The molecule has 0 heterocycles. The monoisotopic (exact) mass is 136 g/mol. The van der Waals surface area contributed by atoms with Crippen LogP contribution in [-0.2, 0) is 4.79 Å². The molecule has 1 unspecified atom stereocenters. The molecule has 0 amide bonds. The molecule has 2 nitrogen and oxygen atoms in total. The van der Waals surface area contributed by atoms with Gasteiger partial charge in [-0.1, -0.05) is 13.0 Å². The van der Waals surface area contributed by atoms with Gasteiger partial charge in [-0.2, -0.15) is 6.26 Å². The van der Waals surface area contributed by atoms with Crippen LogP contribution in [0.5, 0.6) is 0 Å². The van der Waals surface area contributed by atoms with E-state index < -0.39 is 0 Å². The van der Waals surface area contributed by atoms with Crippen LogP contribution >= 0.6 is 0 Å². The Hall–Kier alpha value is 0.210. The second-order valence-corrected chi connectivity index (χ2v) is 1.73. The largest absolute Gasteiger partial charge is 1.00 e. The number of hydrogen-bond acceptors (Lipinski definition) is 2. The van der Waals surface area contributed by atoms with E-state index in [1.807, 2.05) is 0 Å². The fourth-order valence-corrected chi connectivity index (χ4v) is 0.253.